The third-order valence-corrected chi connectivity index (χ3v) is 3.13. The van der Waals surface area contributed by atoms with Gasteiger partial charge in [-0.2, -0.15) is 0 Å². The molecular weight excluding hydrogens is 158 g/mol. The summed E-state index contributed by atoms with van der Waals surface area (Å²) in [5.74, 6) is 0. The summed E-state index contributed by atoms with van der Waals surface area (Å²) in [6.45, 7) is 7.12. The van der Waals surface area contributed by atoms with E-state index in [1.807, 2.05) is 0 Å². The second-order valence-corrected chi connectivity index (χ2v) is 4.27. The molecular formula is C12H17N. The van der Waals surface area contributed by atoms with E-state index < -0.39 is 0 Å². The van der Waals surface area contributed by atoms with E-state index in [0.717, 1.165) is 0 Å². The lowest BCUT2D eigenvalue weighted by Crippen LogP contribution is -2.49. The third-order valence-electron chi connectivity index (χ3n) is 3.13. The van der Waals surface area contributed by atoms with Crippen molar-refractivity contribution in [2.45, 2.75) is 25.8 Å². The summed E-state index contributed by atoms with van der Waals surface area (Å²) >= 11 is 0. The second-order valence-electron chi connectivity index (χ2n) is 4.27. The van der Waals surface area contributed by atoms with Gasteiger partial charge in [0.2, 0.25) is 0 Å². The van der Waals surface area contributed by atoms with Gasteiger partial charge < -0.3 is 0 Å². The van der Waals surface area contributed by atoms with E-state index in [1.54, 1.807) is 0 Å². The molecule has 1 heterocycles. The monoisotopic (exact) mass is 175 g/mol. The van der Waals surface area contributed by atoms with Crippen molar-refractivity contribution in [1.82, 2.24) is 4.90 Å². The lowest BCUT2D eigenvalue weighted by Gasteiger charge is -2.45. The molecule has 13 heavy (non-hydrogen) atoms. The number of likely N-dealkylation sites (tertiary alicyclic amines) is 1. The molecule has 0 spiro atoms. The van der Waals surface area contributed by atoms with Gasteiger partial charge in [-0.1, -0.05) is 30.3 Å². The first-order valence-corrected chi connectivity index (χ1v) is 5.02. The Labute approximate surface area is 80.4 Å². The molecule has 2 rings (SSSR count). The number of hydrogen-bond donors (Lipinski definition) is 0. The lowest BCUT2D eigenvalue weighted by atomic mass is 9.89. The minimum absolute atomic E-state index is 0.222. The smallest absolute Gasteiger partial charge is 0.0404 e. The molecule has 1 aromatic carbocycles. The first-order chi connectivity index (χ1) is 6.21. The molecule has 0 unspecified atom stereocenters. The zero-order valence-electron chi connectivity index (χ0n) is 8.46. The molecule has 0 atom stereocenters. The fourth-order valence-corrected chi connectivity index (χ4v) is 1.90. The van der Waals surface area contributed by atoms with Crippen molar-refractivity contribution in [1.29, 1.82) is 0 Å². The minimum Gasteiger partial charge on any atom is -0.294 e. The minimum atomic E-state index is 0.222. The maximum Gasteiger partial charge on any atom is 0.0404 e. The Morgan fingerprint density at radius 3 is 2.15 bits per heavy atom. The Kier molecular flexibility index (Phi) is 2.12. The van der Waals surface area contributed by atoms with Crippen LogP contribution in [0.15, 0.2) is 30.3 Å². The molecule has 0 saturated carbocycles. The number of hydrogen-bond acceptors (Lipinski definition) is 1. The Morgan fingerprint density at radius 2 is 1.69 bits per heavy atom. The second kappa shape index (κ2) is 3.15. The van der Waals surface area contributed by atoms with Crippen molar-refractivity contribution < 1.29 is 0 Å². The lowest BCUT2D eigenvalue weighted by molar-refractivity contribution is 0.0533. The highest BCUT2D eigenvalue weighted by Crippen LogP contribution is 2.31. The third kappa shape index (κ3) is 1.49. The van der Waals surface area contributed by atoms with Crippen molar-refractivity contribution in [2.75, 3.05) is 13.1 Å². The van der Waals surface area contributed by atoms with Crippen LogP contribution < -0.4 is 0 Å². The highest BCUT2D eigenvalue weighted by Gasteiger charge is 2.31. The topological polar surface area (TPSA) is 3.24 Å². The summed E-state index contributed by atoms with van der Waals surface area (Å²) in [4.78, 5) is 2.53. The molecule has 0 aliphatic carbocycles. The van der Waals surface area contributed by atoms with Crippen LogP contribution in [0.5, 0.6) is 0 Å². The predicted octanol–water partition coefficient (Wildman–Crippen LogP) is 2.63. The summed E-state index contributed by atoms with van der Waals surface area (Å²) in [6.07, 6.45) is 1.36. The van der Waals surface area contributed by atoms with Gasteiger partial charge in [-0.15, -0.1) is 0 Å². The molecule has 1 aliphatic rings. The highest BCUT2D eigenvalue weighted by molar-refractivity contribution is 5.23. The van der Waals surface area contributed by atoms with Gasteiger partial charge in [0.15, 0.2) is 0 Å². The molecule has 1 nitrogen and oxygen atoms in total. The van der Waals surface area contributed by atoms with Crippen LogP contribution in [0.2, 0.25) is 0 Å². The van der Waals surface area contributed by atoms with Crippen LogP contribution >= 0.6 is 0 Å². The van der Waals surface area contributed by atoms with Crippen molar-refractivity contribution in [3.05, 3.63) is 35.9 Å². The summed E-state index contributed by atoms with van der Waals surface area (Å²) in [6, 6.07) is 10.8. The molecule has 1 aromatic rings. The molecule has 0 radical (unpaired) electrons. The standard InChI is InChI=1S/C12H17N/c1-12(2,13-9-6-10-13)11-7-4-3-5-8-11/h3-5,7-8H,6,9-10H2,1-2H3. The van der Waals surface area contributed by atoms with Crippen LogP contribution in [0.4, 0.5) is 0 Å². The maximum absolute atomic E-state index is 2.53. The van der Waals surface area contributed by atoms with Crippen molar-refractivity contribution in [3.63, 3.8) is 0 Å². The predicted molar refractivity (Wildman–Crippen MR) is 55.7 cm³/mol. The fourth-order valence-electron chi connectivity index (χ4n) is 1.90. The van der Waals surface area contributed by atoms with Crippen molar-refractivity contribution in [3.8, 4) is 0 Å². The van der Waals surface area contributed by atoms with E-state index in [0.29, 0.717) is 0 Å². The molecule has 1 aliphatic heterocycles. The van der Waals surface area contributed by atoms with Gasteiger partial charge in [0, 0.05) is 18.6 Å². The Balaban J connectivity index is 2.23. The van der Waals surface area contributed by atoms with E-state index in [1.165, 1.54) is 25.1 Å². The van der Waals surface area contributed by atoms with Crippen LogP contribution in [0.3, 0.4) is 0 Å². The number of rotatable bonds is 2. The van der Waals surface area contributed by atoms with Gasteiger partial charge in [-0.05, 0) is 25.8 Å². The summed E-state index contributed by atoms with van der Waals surface area (Å²) in [7, 11) is 0. The zero-order chi connectivity index (χ0) is 9.31. The van der Waals surface area contributed by atoms with E-state index >= 15 is 0 Å². The van der Waals surface area contributed by atoms with Crippen LogP contribution in [-0.2, 0) is 5.54 Å². The first kappa shape index (κ1) is 8.76. The molecule has 1 fully saturated rings. The Morgan fingerprint density at radius 1 is 1.08 bits per heavy atom. The van der Waals surface area contributed by atoms with Crippen LogP contribution in [-0.4, -0.2) is 18.0 Å². The molecule has 70 valence electrons. The van der Waals surface area contributed by atoms with Gasteiger partial charge in [0.05, 0.1) is 0 Å². The molecule has 0 aromatic heterocycles. The van der Waals surface area contributed by atoms with Gasteiger partial charge in [-0.25, -0.2) is 0 Å². The van der Waals surface area contributed by atoms with Gasteiger partial charge in [-0.3, -0.25) is 4.90 Å². The normalized spacial score (nSPS) is 18.3. The Hall–Kier alpha value is -0.820. The zero-order valence-corrected chi connectivity index (χ0v) is 8.46. The van der Waals surface area contributed by atoms with Crippen molar-refractivity contribution in [2.24, 2.45) is 0 Å². The van der Waals surface area contributed by atoms with Crippen LogP contribution in [0.25, 0.3) is 0 Å². The van der Waals surface area contributed by atoms with E-state index in [-0.39, 0.29) is 5.54 Å². The molecule has 0 bridgehead atoms. The number of nitrogens with zero attached hydrogens (tertiary/aromatic N) is 1. The highest BCUT2D eigenvalue weighted by atomic mass is 15.2. The summed E-state index contributed by atoms with van der Waals surface area (Å²) in [5.41, 5.74) is 1.65. The van der Waals surface area contributed by atoms with Gasteiger partial charge >= 0.3 is 0 Å². The quantitative estimate of drug-likeness (QED) is 0.668. The summed E-state index contributed by atoms with van der Waals surface area (Å²) < 4.78 is 0. The average molecular weight is 175 g/mol. The van der Waals surface area contributed by atoms with E-state index in [4.69, 9.17) is 0 Å². The van der Waals surface area contributed by atoms with Crippen molar-refractivity contribution >= 4 is 0 Å². The summed E-state index contributed by atoms with van der Waals surface area (Å²) in [5, 5.41) is 0. The maximum atomic E-state index is 2.53. The first-order valence-electron chi connectivity index (χ1n) is 5.02. The molecule has 0 amide bonds. The van der Waals surface area contributed by atoms with Crippen LogP contribution in [0, 0.1) is 0 Å². The van der Waals surface area contributed by atoms with Gasteiger partial charge in [0.1, 0.15) is 0 Å². The average Bonchev–Trinajstić information content (AvgIpc) is 2.02. The number of benzene rings is 1. The van der Waals surface area contributed by atoms with Crippen LogP contribution in [0.1, 0.15) is 25.8 Å². The largest absolute Gasteiger partial charge is 0.294 e. The SMILES string of the molecule is CC(C)(c1ccccc1)N1CCC1. The molecule has 1 saturated heterocycles. The van der Waals surface area contributed by atoms with E-state index in [9.17, 15) is 0 Å². The molecule has 0 N–H and O–H groups in total. The van der Waals surface area contributed by atoms with E-state index in [2.05, 4.69) is 49.1 Å². The molecule has 1 heteroatoms. The van der Waals surface area contributed by atoms with Gasteiger partial charge in [0.25, 0.3) is 0 Å². The fraction of sp³-hybridized carbons (Fsp3) is 0.500. The Bertz CT molecular complexity index is 272.